The third kappa shape index (κ3) is 3.43. The highest BCUT2D eigenvalue weighted by Gasteiger charge is 2.14. The van der Waals surface area contributed by atoms with Crippen LogP contribution in [0.5, 0.6) is 0 Å². The molecule has 1 aromatic rings. The number of nitrogens with two attached hydrogens (primary N) is 1. The van der Waals surface area contributed by atoms with Gasteiger partial charge in [0.05, 0.1) is 0 Å². The van der Waals surface area contributed by atoms with E-state index in [-0.39, 0.29) is 11.9 Å². The van der Waals surface area contributed by atoms with E-state index in [9.17, 15) is 4.39 Å². The van der Waals surface area contributed by atoms with Gasteiger partial charge in [-0.05, 0) is 32.8 Å². The van der Waals surface area contributed by atoms with E-state index in [2.05, 4.69) is 12.0 Å². The van der Waals surface area contributed by atoms with Gasteiger partial charge < -0.3 is 0 Å². The second kappa shape index (κ2) is 5.77. The van der Waals surface area contributed by atoms with Crippen LogP contribution in [-0.2, 0) is 0 Å². The van der Waals surface area contributed by atoms with Gasteiger partial charge >= 0.3 is 0 Å². The molecule has 0 aliphatic carbocycles. The molecule has 0 amide bonds. The van der Waals surface area contributed by atoms with Gasteiger partial charge in [-0.3, -0.25) is 11.3 Å². The highest BCUT2D eigenvalue weighted by molar-refractivity contribution is 5.26. The SMILES string of the molecule is C=C(C)CCC(NN)c1cc(C)ccc1F. The summed E-state index contributed by atoms with van der Waals surface area (Å²) in [6.07, 6.45) is 1.59. The van der Waals surface area contributed by atoms with Crippen molar-refractivity contribution in [1.29, 1.82) is 0 Å². The fourth-order valence-electron chi connectivity index (χ4n) is 1.65. The van der Waals surface area contributed by atoms with E-state index in [0.717, 1.165) is 24.0 Å². The van der Waals surface area contributed by atoms with Gasteiger partial charge in [-0.25, -0.2) is 4.39 Å². The lowest BCUT2D eigenvalue weighted by Gasteiger charge is -2.17. The number of benzene rings is 1. The molecule has 0 fully saturated rings. The van der Waals surface area contributed by atoms with Gasteiger partial charge in [0.2, 0.25) is 0 Å². The molecule has 1 rings (SSSR count). The van der Waals surface area contributed by atoms with Crippen molar-refractivity contribution in [1.82, 2.24) is 5.43 Å². The summed E-state index contributed by atoms with van der Waals surface area (Å²) in [5, 5.41) is 0. The van der Waals surface area contributed by atoms with Crippen molar-refractivity contribution in [2.75, 3.05) is 0 Å². The highest BCUT2D eigenvalue weighted by Crippen LogP contribution is 2.23. The number of allylic oxidation sites excluding steroid dienone is 1. The smallest absolute Gasteiger partial charge is 0.128 e. The summed E-state index contributed by atoms with van der Waals surface area (Å²) in [5.41, 5.74) is 5.40. The van der Waals surface area contributed by atoms with Gasteiger partial charge in [0.1, 0.15) is 5.82 Å². The van der Waals surface area contributed by atoms with Crippen LogP contribution in [0.4, 0.5) is 4.39 Å². The summed E-state index contributed by atoms with van der Waals surface area (Å²) in [6.45, 7) is 7.73. The Bertz CT molecular complexity index is 374. The molecule has 0 saturated heterocycles. The molecule has 0 saturated carbocycles. The second-order valence-electron chi connectivity index (χ2n) is 4.24. The Labute approximate surface area is 96.3 Å². The van der Waals surface area contributed by atoms with E-state index in [1.54, 1.807) is 6.07 Å². The molecular weight excluding hydrogens is 203 g/mol. The molecule has 0 bridgehead atoms. The van der Waals surface area contributed by atoms with E-state index >= 15 is 0 Å². The average molecular weight is 222 g/mol. The summed E-state index contributed by atoms with van der Waals surface area (Å²) < 4.78 is 13.6. The van der Waals surface area contributed by atoms with Gasteiger partial charge in [-0.1, -0.05) is 23.3 Å². The maximum absolute atomic E-state index is 13.6. The summed E-state index contributed by atoms with van der Waals surface area (Å²) >= 11 is 0. The molecule has 1 aromatic carbocycles. The van der Waals surface area contributed by atoms with Crippen LogP contribution in [0.25, 0.3) is 0 Å². The lowest BCUT2D eigenvalue weighted by molar-refractivity contribution is 0.484. The standard InChI is InChI=1S/C13H19FN2/c1-9(2)4-7-13(16-15)11-8-10(3)5-6-12(11)14/h5-6,8,13,16H,1,4,7,15H2,2-3H3. The predicted octanol–water partition coefficient (Wildman–Crippen LogP) is 2.99. The Morgan fingerprint density at radius 2 is 2.25 bits per heavy atom. The molecule has 0 aromatic heterocycles. The quantitative estimate of drug-likeness (QED) is 0.456. The van der Waals surface area contributed by atoms with E-state index in [0.29, 0.717) is 5.56 Å². The van der Waals surface area contributed by atoms with Crippen LogP contribution in [0.1, 0.15) is 36.9 Å². The van der Waals surface area contributed by atoms with Crippen LogP contribution in [0.2, 0.25) is 0 Å². The zero-order chi connectivity index (χ0) is 12.1. The Balaban J connectivity index is 2.85. The number of nitrogens with one attached hydrogen (secondary N) is 1. The summed E-state index contributed by atoms with van der Waals surface area (Å²) in [6, 6.07) is 4.91. The molecule has 1 atom stereocenters. The normalized spacial score (nSPS) is 12.5. The molecule has 0 aliphatic rings. The van der Waals surface area contributed by atoms with E-state index < -0.39 is 0 Å². The number of hydrogen-bond donors (Lipinski definition) is 2. The van der Waals surface area contributed by atoms with Gasteiger partial charge in [0.15, 0.2) is 0 Å². The van der Waals surface area contributed by atoms with Gasteiger partial charge in [-0.2, -0.15) is 0 Å². The maximum atomic E-state index is 13.6. The van der Waals surface area contributed by atoms with E-state index in [4.69, 9.17) is 5.84 Å². The molecule has 1 unspecified atom stereocenters. The van der Waals surface area contributed by atoms with Crippen molar-refractivity contribution < 1.29 is 4.39 Å². The topological polar surface area (TPSA) is 38.0 Å². The fourth-order valence-corrected chi connectivity index (χ4v) is 1.65. The van der Waals surface area contributed by atoms with Gasteiger partial charge in [0.25, 0.3) is 0 Å². The van der Waals surface area contributed by atoms with Crippen molar-refractivity contribution in [3.8, 4) is 0 Å². The molecule has 0 heterocycles. The van der Waals surface area contributed by atoms with Crippen molar-refractivity contribution in [2.24, 2.45) is 5.84 Å². The zero-order valence-electron chi connectivity index (χ0n) is 9.89. The fraction of sp³-hybridized carbons (Fsp3) is 0.385. The van der Waals surface area contributed by atoms with Gasteiger partial charge in [0, 0.05) is 11.6 Å². The van der Waals surface area contributed by atoms with Crippen LogP contribution in [0.3, 0.4) is 0 Å². The van der Waals surface area contributed by atoms with Crippen LogP contribution in [0, 0.1) is 12.7 Å². The second-order valence-corrected chi connectivity index (χ2v) is 4.24. The minimum atomic E-state index is -0.213. The number of hydrazine groups is 1. The lowest BCUT2D eigenvalue weighted by Crippen LogP contribution is -2.28. The Morgan fingerprint density at radius 1 is 1.56 bits per heavy atom. The number of rotatable bonds is 5. The molecule has 0 spiro atoms. The average Bonchev–Trinajstić information content (AvgIpc) is 2.23. The number of hydrogen-bond acceptors (Lipinski definition) is 2. The largest absolute Gasteiger partial charge is 0.271 e. The third-order valence-electron chi connectivity index (χ3n) is 2.59. The van der Waals surface area contributed by atoms with Crippen molar-refractivity contribution in [2.45, 2.75) is 32.7 Å². The van der Waals surface area contributed by atoms with Gasteiger partial charge in [-0.15, -0.1) is 6.58 Å². The highest BCUT2D eigenvalue weighted by atomic mass is 19.1. The first-order chi connectivity index (χ1) is 7.54. The molecule has 0 aliphatic heterocycles. The van der Waals surface area contributed by atoms with Crippen LogP contribution in [0.15, 0.2) is 30.4 Å². The van der Waals surface area contributed by atoms with Crippen LogP contribution in [-0.4, -0.2) is 0 Å². The summed E-state index contributed by atoms with van der Waals surface area (Å²) in [5.74, 6) is 5.25. The first kappa shape index (κ1) is 12.9. The van der Waals surface area contributed by atoms with Crippen LogP contribution >= 0.6 is 0 Å². The van der Waals surface area contributed by atoms with Crippen LogP contribution < -0.4 is 11.3 Å². The van der Waals surface area contributed by atoms with E-state index in [1.165, 1.54) is 6.07 Å². The monoisotopic (exact) mass is 222 g/mol. The minimum Gasteiger partial charge on any atom is -0.271 e. The summed E-state index contributed by atoms with van der Waals surface area (Å²) in [4.78, 5) is 0. The Kier molecular flexibility index (Phi) is 4.65. The first-order valence-electron chi connectivity index (χ1n) is 5.41. The van der Waals surface area contributed by atoms with E-state index in [1.807, 2.05) is 19.9 Å². The number of aryl methyl sites for hydroxylation is 1. The zero-order valence-corrected chi connectivity index (χ0v) is 9.89. The molecule has 2 nitrogen and oxygen atoms in total. The Hall–Kier alpha value is -1.19. The molecule has 16 heavy (non-hydrogen) atoms. The Morgan fingerprint density at radius 3 is 2.81 bits per heavy atom. The van der Waals surface area contributed by atoms with Crippen molar-refractivity contribution in [3.05, 3.63) is 47.3 Å². The molecule has 3 heteroatoms. The maximum Gasteiger partial charge on any atom is 0.128 e. The first-order valence-corrected chi connectivity index (χ1v) is 5.41. The molecule has 3 N–H and O–H groups in total. The van der Waals surface area contributed by atoms with Crippen molar-refractivity contribution in [3.63, 3.8) is 0 Å². The molecular formula is C13H19FN2. The molecule has 0 radical (unpaired) electrons. The number of halogens is 1. The molecule has 88 valence electrons. The third-order valence-corrected chi connectivity index (χ3v) is 2.59. The predicted molar refractivity (Wildman–Crippen MR) is 65.2 cm³/mol. The lowest BCUT2D eigenvalue weighted by atomic mass is 9.98. The summed E-state index contributed by atoms with van der Waals surface area (Å²) in [7, 11) is 0. The van der Waals surface area contributed by atoms with Crippen molar-refractivity contribution >= 4 is 0 Å². The minimum absolute atomic E-state index is 0.156.